The molecule has 0 spiro atoms. The van der Waals surface area contributed by atoms with Crippen LogP contribution in [0.15, 0.2) is 29.4 Å². The third kappa shape index (κ3) is 1.72. The Bertz CT molecular complexity index is 485. The topological polar surface area (TPSA) is 49.7 Å². The molecule has 0 N–H and O–H groups in total. The number of halogens is 1. The zero-order chi connectivity index (χ0) is 11.7. The van der Waals surface area contributed by atoms with E-state index in [9.17, 15) is 9.59 Å². The number of amides is 1. The highest BCUT2D eigenvalue weighted by molar-refractivity contribution is 6.31. The molecule has 0 saturated heterocycles. The molecule has 1 unspecified atom stereocenters. The zero-order valence-electron chi connectivity index (χ0n) is 8.55. The number of hydrogen-bond donors (Lipinski definition) is 0. The maximum absolute atomic E-state index is 11.8. The predicted molar refractivity (Wildman–Crippen MR) is 61.6 cm³/mol. The second kappa shape index (κ2) is 4.06. The fraction of sp³-hybridized carbons (Fsp3) is 0.182. The second-order valence-corrected chi connectivity index (χ2v) is 3.92. The molecule has 0 aliphatic carbocycles. The Morgan fingerprint density at radius 1 is 1.50 bits per heavy atom. The van der Waals surface area contributed by atoms with Gasteiger partial charge < -0.3 is 4.79 Å². The Morgan fingerprint density at radius 2 is 2.25 bits per heavy atom. The summed E-state index contributed by atoms with van der Waals surface area (Å²) in [7, 11) is 0. The molecule has 0 bridgehead atoms. The van der Waals surface area contributed by atoms with Crippen molar-refractivity contribution in [1.29, 1.82) is 0 Å². The van der Waals surface area contributed by atoms with Crippen molar-refractivity contribution < 1.29 is 9.59 Å². The van der Waals surface area contributed by atoms with E-state index in [1.165, 1.54) is 5.01 Å². The van der Waals surface area contributed by atoms with Gasteiger partial charge in [-0.1, -0.05) is 17.7 Å². The van der Waals surface area contributed by atoms with Crippen LogP contribution >= 0.6 is 11.6 Å². The number of nitrogens with zero attached hydrogens (tertiary/aromatic N) is 2. The third-order valence-electron chi connectivity index (χ3n) is 2.37. The molecule has 16 heavy (non-hydrogen) atoms. The second-order valence-electron chi connectivity index (χ2n) is 3.49. The largest absolute Gasteiger partial charge is 0.302 e. The Hall–Kier alpha value is -1.68. The van der Waals surface area contributed by atoms with Gasteiger partial charge in [-0.3, -0.25) is 4.79 Å². The molecule has 5 heteroatoms. The summed E-state index contributed by atoms with van der Waals surface area (Å²) in [5.41, 5.74) is 1.07. The number of anilines is 1. The van der Waals surface area contributed by atoms with Gasteiger partial charge in [0.1, 0.15) is 12.2 Å². The average molecular weight is 237 g/mol. The lowest BCUT2D eigenvalue weighted by molar-refractivity contribution is -0.123. The van der Waals surface area contributed by atoms with Crippen molar-refractivity contribution in [2.75, 3.05) is 5.01 Å². The quantitative estimate of drug-likeness (QED) is 0.582. The van der Waals surface area contributed by atoms with E-state index >= 15 is 0 Å². The van der Waals surface area contributed by atoms with Gasteiger partial charge in [-0.15, -0.1) is 0 Å². The van der Waals surface area contributed by atoms with Gasteiger partial charge in [0.25, 0.3) is 5.91 Å². The van der Waals surface area contributed by atoms with Crippen molar-refractivity contribution >= 4 is 35.2 Å². The number of carbonyl (C=O) groups is 2. The summed E-state index contributed by atoms with van der Waals surface area (Å²) in [6.07, 6.45) is 0.603. The predicted octanol–water partition coefficient (Wildman–Crippen LogP) is 1.88. The van der Waals surface area contributed by atoms with Crippen LogP contribution in [-0.2, 0) is 9.59 Å². The molecule has 1 atom stereocenters. The normalized spacial score (nSPS) is 19.9. The van der Waals surface area contributed by atoms with E-state index in [1.54, 1.807) is 31.2 Å². The maximum atomic E-state index is 11.8. The molecule has 4 nitrogen and oxygen atoms in total. The monoisotopic (exact) mass is 236 g/mol. The maximum Gasteiger partial charge on any atom is 0.263 e. The smallest absolute Gasteiger partial charge is 0.263 e. The summed E-state index contributed by atoms with van der Waals surface area (Å²) in [6.45, 7) is 1.65. The zero-order valence-corrected chi connectivity index (χ0v) is 9.31. The van der Waals surface area contributed by atoms with Crippen LogP contribution in [0.1, 0.15) is 6.92 Å². The molecule has 1 aliphatic rings. The number of aldehydes is 1. The lowest BCUT2D eigenvalue weighted by Gasteiger charge is -2.12. The molecule has 1 aromatic rings. The van der Waals surface area contributed by atoms with E-state index in [4.69, 9.17) is 11.6 Å². The van der Waals surface area contributed by atoms with E-state index in [1.807, 2.05) is 0 Å². The van der Waals surface area contributed by atoms with Crippen molar-refractivity contribution in [1.82, 2.24) is 0 Å². The summed E-state index contributed by atoms with van der Waals surface area (Å²) in [5, 5.41) is 5.77. The Kier molecular flexibility index (Phi) is 2.75. The first kappa shape index (κ1) is 10.8. The molecule has 1 amide bonds. The van der Waals surface area contributed by atoms with Crippen molar-refractivity contribution in [2.24, 2.45) is 11.0 Å². The van der Waals surface area contributed by atoms with Gasteiger partial charge in [-0.25, -0.2) is 0 Å². The number of hydrazone groups is 1. The molecule has 0 saturated carbocycles. The standard InChI is InChI=1S/C11H9ClN2O2/c1-7-10(6-15)11(16)14(13-7)9-4-2-3-8(12)5-9/h2-6,10H,1H3. The fourth-order valence-corrected chi connectivity index (χ4v) is 1.71. The van der Waals surface area contributed by atoms with Crippen LogP contribution in [0.5, 0.6) is 0 Å². The van der Waals surface area contributed by atoms with E-state index in [2.05, 4.69) is 5.10 Å². The summed E-state index contributed by atoms with van der Waals surface area (Å²) in [5.74, 6) is -1.10. The first-order chi connectivity index (χ1) is 7.63. The Balaban J connectivity index is 2.37. The number of rotatable bonds is 2. The van der Waals surface area contributed by atoms with Gasteiger partial charge in [-0.05, 0) is 25.1 Å². The van der Waals surface area contributed by atoms with Crippen LogP contribution in [0.4, 0.5) is 5.69 Å². The molecule has 0 fully saturated rings. The number of carbonyl (C=O) groups excluding carboxylic acids is 2. The fourth-order valence-electron chi connectivity index (χ4n) is 1.53. The first-order valence-electron chi connectivity index (χ1n) is 4.73. The van der Waals surface area contributed by atoms with Gasteiger partial charge in [0, 0.05) is 5.02 Å². The molecule has 2 rings (SSSR count). The van der Waals surface area contributed by atoms with E-state index in [-0.39, 0.29) is 5.91 Å². The number of hydrogen-bond acceptors (Lipinski definition) is 3. The van der Waals surface area contributed by atoms with Crippen molar-refractivity contribution in [3.05, 3.63) is 29.3 Å². The number of benzene rings is 1. The van der Waals surface area contributed by atoms with Crippen LogP contribution < -0.4 is 5.01 Å². The van der Waals surface area contributed by atoms with Crippen LogP contribution in [-0.4, -0.2) is 17.9 Å². The molecule has 0 radical (unpaired) electrons. The van der Waals surface area contributed by atoms with E-state index in [0.717, 1.165) is 0 Å². The summed E-state index contributed by atoms with van der Waals surface area (Å²) < 4.78 is 0. The van der Waals surface area contributed by atoms with E-state index in [0.29, 0.717) is 22.7 Å². The lowest BCUT2D eigenvalue weighted by atomic mass is 10.1. The van der Waals surface area contributed by atoms with Gasteiger partial charge in [0.15, 0.2) is 0 Å². The van der Waals surface area contributed by atoms with Crippen molar-refractivity contribution in [2.45, 2.75) is 6.92 Å². The van der Waals surface area contributed by atoms with Crippen LogP contribution in [0, 0.1) is 5.92 Å². The van der Waals surface area contributed by atoms with Crippen molar-refractivity contribution in [3.63, 3.8) is 0 Å². The molecule has 1 heterocycles. The van der Waals surface area contributed by atoms with Gasteiger partial charge in [-0.2, -0.15) is 10.1 Å². The highest BCUT2D eigenvalue weighted by Gasteiger charge is 2.33. The molecule has 1 aliphatic heterocycles. The summed E-state index contributed by atoms with van der Waals surface area (Å²) in [6, 6.07) is 6.78. The SMILES string of the molecule is CC1=NN(c2cccc(Cl)c2)C(=O)C1C=O. The molecule has 1 aromatic carbocycles. The van der Waals surface area contributed by atoms with Gasteiger partial charge in [0.2, 0.25) is 0 Å². The Labute approximate surface area is 97.5 Å². The van der Waals surface area contributed by atoms with Gasteiger partial charge in [0.05, 0.1) is 11.4 Å². The minimum atomic E-state index is -0.765. The minimum absolute atomic E-state index is 0.338. The molecule has 0 aromatic heterocycles. The average Bonchev–Trinajstić information content (AvgIpc) is 2.54. The minimum Gasteiger partial charge on any atom is -0.302 e. The lowest BCUT2D eigenvalue weighted by Crippen LogP contribution is -2.27. The third-order valence-corrected chi connectivity index (χ3v) is 2.61. The highest BCUT2D eigenvalue weighted by atomic mass is 35.5. The Morgan fingerprint density at radius 3 is 2.81 bits per heavy atom. The first-order valence-corrected chi connectivity index (χ1v) is 5.11. The van der Waals surface area contributed by atoms with Crippen molar-refractivity contribution in [3.8, 4) is 0 Å². The van der Waals surface area contributed by atoms with Crippen LogP contribution in [0.3, 0.4) is 0 Å². The summed E-state index contributed by atoms with van der Waals surface area (Å²) >= 11 is 5.82. The molecular formula is C11H9ClN2O2. The van der Waals surface area contributed by atoms with Gasteiger partial charge >= 0.3 is 0 Å². The molecular weight excluding hydrogens is 228 g/mol. The van der Waals surface area contributed by atoms with E-state index < -0.39 is 5.92 Å². The molecule has 82 valence electrons. The highest BCUT2D eigenvalue weighted by Crippen LogP contribution is 2.25. The summed E-state index contributed by atoms with van der Waals surface area (Å²) in [4.78, 5) is 22.5. The van der Waals surface area contributed by atoms with Crippen LogP contribution in [0.2, 0.25) is 5.02 Å². The van der Waals surface area contributed by atoms with Crippen LogP contribution in [0.25, 0.3) is 0 Å².